The minimum atomic E-state index is 1.06. The summed E-state index contributed by atoms with van der Waals surface area (Å²) in [6.45, 7) is 3.07. The fourth-order valence-corrected chi connectivity index (χ4v) is 0.761. The molecule has 0 atom stereocenters. The van der Waals surface area contributed by atoms with Crippen LogP contribution in [0.4, 0.5) is 0 Å². The molecule has 50 valence electrons. The number of hydrogen-bond acceptors (Lipinski definition) is 2. The minimum Gasteiger partial charge on any atom is -0.389 e. The molecule has 0 saturated carbocycles. The third kappa shape index (κ3) is 2.31. The molecule has 0 bridgehead atoms. The molecule has 0 aliphatic carbocycles. The summed E-state index contributed by atoms with van der Waals surface area (Å²) in [5, 5.41) is 3.16. The van der Waals surface area contributed by atoms with Crippen LogP contribution in [0.5, 0.6) is 0 Å². The monoisotopic (exact) mass is 124 g/mol. The van der Waals surface area contributed by atoms with E-state index in [1.807, 2.05) is 19.3 Å². The Bertz CT molecular complexity index is 136. The van der Waals surface area contributed by atoms with E-state index in [4.69, 9.17) is 0 Å². The third-order valence-electron chi connectivity index (χ3n) is 1.26. The summed E-state index contributed by atoms with van der Waals surface area (Å²) in [6.07, 6.45) is 6.22. The van der Waals surface area contributed by atoms with E-state index in [1.165, 1.54) is 6.42 Å². The number of nitrogens with one attached hydrogen (secondary N) is 1. The molecule has 0 unspecified atom stereocenters. The molecule has 2 heteroatoms. The van der Waals surface area contributed by atoms with Crippen LogP contribution in [0.25, 0.3) is 0 Å². The van der Waals surface area contributed by atoms with E-state index >= 15 is 0 Å². The lowest BCUT2D eigenvalue weighted by Crippen LogP contribution is -2.09. The third-order valence-corrected chi connectivity index (χ3v) is 1.26. The van der Waals surface area contributed by atoms with Crippen LogP contribution in [0.15, 0.2) is 16.9 Å². The Kier molecular flexibility index (Phi) is 2.31. The Morgan fingerprint density at radius 1 is 1.67 bits per heavy atom. The first-order valence-corrected chi connectivity index (χ1v) is 3.32. The Morgan fingerprint density at radius 3 is 3.44 bits per heavy atom. The molecule has 0 aromatic heterocycles. The average Bonchev–Trinajstić information content (AvgIpc) is 1.79. The standard InChI is InChI=1S/C7H12N2/c1-7-6-8-4-2-3-5-9-7/h5-6,8H,2-4H2,1H3/b7-6+,9-5?. The summed E-state index contributed by atoms with van der Waals surface area (Å²) in [5.41, 5.74) is 1.06. The van der Waals surface area contributed by atoms with Gasteiger partial charge in [-0.05, 0) is 19.8 Å². The number of allylic oxidation sites excluding steroid dienone is 1. The first-order chi connectivity index (χ1) is 4.39. The summed E-state index contributed by atoms with van der Waals surface area (Å²) >= 11 is 0. The van der Waals surface area contributed by atoms with Crippen LogP contribution in [-0.4, -0.2) is 12.8 Å². The van der Waals surface area contributed by atoms with E-state index in [0.717, 1.165) is 18.7 Å². The van der Waals surface area contributed by atoms with Crippen molar-refractivity contribution in [1.29, 1.82) is 0 Å². The zero-order chi connectivity index (χ0) is 6.53. The van der Waals surface area contributed by atoms with Crippen molar-refractivity contribution in [3.05, 3.63) is 11.9 Å². The highest BCUT2D eigenvalue weighted by Crippen LogP contribution is 1.95. The van der Waals surface area contributed by atoms with Crippen molar-refractivity contribution in [3.63, 3.8) is 0 Å². The number of nitrogens with zero attached hydrogens (tertiary/aromatic N) is 1. The topological polar surface area (TPSA) is 24.4 Å². The van der Waals surface area contributed by atoms with Gasteiger partial charge in [0.1, 0.15) is 0 Å². The second-order valence-electron chi connectivity index (χ2n) is 2.19. The number of aliphatic imine (C=N–C) groups is 1. The summed E-state index contributed by atoms with van der Waals surface area (Å²) in [5.74, 6) is 0. The quantitative estimate of drug-likeness (QED) is 0.517. The van der Waals surface area contributed by atoms with E-state index in [-0.39, 0.29) is 0 Å². The van der Waals surface area contributed by atoms with Gasteiger partial charge in [-0.2, -0.15) is 0 Å². The fourth-order valence-electron chi connectivity index (χ4n) is 0.761. The van der Waals surface area contributed by atoms with E-state index in [2.05, 4.69) is 10.3 Å². The SMILES string of the molecule is C/C1=C\NCCCC=N1. The van der Waals surface area contributed by atoms with Crippen molar-refractivity contribution < 1.29 is 0 Å². The van der Waals surface area contributed by atoms with Gasteiger partial charge >= 0.3 is 0 Å². The molecule has 9 heavy (non-hydrogen) atoms. The molecule has 0 aromatic rings. The lowest BCUT2D eigenvalue weighted by atomic mass is 10.3. The number of rotatable bonds is 0. The first-order valence-electron chi connectivity index (χ1n) is 3.32. The average molecular weight is 124 g/mol. The zero-order valence-corrected chi connectivity index (χ0v) is 5.72. The van der Waals surface area contributed by atoms with E-state index < -0.39 is 0 Å². The maximum absolute atomic E-state index is 4.16. The lowest BCUT2D eigenvalue weighted by Gasteiger charge is -2.02. The molecule has 0 spiro atoms. The highest BCUT2D eigenvalue weighted by atomic mass is 14.9. The Hall–Kier alpha value is -0.790. The second kappa shape index (κ2) is 3.28. The van der Waals surface area contributed by atoms with Crippen molar-refractivity contribution in [3.8, 4) is 0 Å². The smallest absolute Gasteiger partial charge is 0.0525 e. The molecule has 1 aliphatic heterocycles. The molecule has 0 fully saturated rings. The van der Waals surface area contributed by atoms with Crippen LogP contribution in [0.1, 0.15) is 19.8 Å². The summed E-state index contributed by atoms with van der Waals surface area (Å²) in [4.78, 5) is 4.16. The van der Waals surface area contributed by atoms with Gasteiger partial charge in [-0.1, -0.05) is 0 Å². The van der Waals surface area contributed by atoms with Crippen LogP contribution in [0.2, 0.25) is 0 Å². The predicted octanol–water partition coefficient (Wildman–Crippen LogP) is 1.30. The molecule has 0 aromatic carbocycles. The maximum Gasteiger partial charge on any atom is 0.0525 e. The van der Waals surface area contributed by atoms with Gasteiger partial charge in [0.05, 0.1) is 5.70 Å². The van der Waals surface area contributed by atoms with Gasteiger partial charge in [0.2, 0.25) is 0 Å². The van der Waals surface area contributed by atoms with E-state index in [0.29, 0.717) is 0 Å². The normalized spacial score (nSPS) is 25.2. The molecule has 0 amide bonds. The fraction of sp³-hybridized carbons (Fsp3) is 0.571. The van der Waals surface area contributed by atoms with Crippen LogP contribution in [0.3, 0.4) is 0 Å². The second-order valence-corrected chi connectivity index (χ2v) is 2.19. The molecule has 0 saturated heterocycles. The summed E-state index contributed by atoms with van der Waals surface area (Å²) < 4.78 is 0. The molecule has 1 aliphatic rings. The Balaban J connectivity index is 2.49. The van der Waals surface area contributed by atoms with Crippen LogP contribution >= 0.6 is 0 Å². The van der Waals surface area contributed by atoms with Crippen molar-refractivity contribution >= 4 is 6.21 Å². The van der Waals surface area contributed by atoms with Gasteiger partial charge in [-0.25, -0.2) is 0 Å². The molecular formula is C7H12N2. The molecule has 1 heterocycles. The number of hydrogen-bond donors (Lipinski definition) is 1. The van der Waals surface area contributed by atoms with Gasteiger partial charge < -0.3 is 5.32 Å². The highest BCUT2D eigenvalue weighted by Gasteiger charge is 1.88. The van der Waals surface area contributed by atoms with E-state index in [9.17, 15) is 0 Å². The molecule has 1 rings (SSSR count). The highest BCUT2D eigenvalue weighted by molar-refractivity contribution is 5.58. The molecule has 0 radical (unpaired) electrons. The first kappa shape index (κ1) is 6.33. The Labute approximate surface area is 55.7 Å². The van der Waals surface area contributed by atoms with Crippen molar-refractivity contribution in [2.45, 2.75) is 19.8 Å². The molecular weight excluding hydrogens is 112 g/mol. The maximum atomic E-state index is 4.16. The Morgan fingerprint density at radius 2 is 2.56 bits per heavy atom. The van der Waals surface area contributed by atoms with Crippen LogP contribution in [-0.2, 0) is 0 Å². The predicted molar refractivity (Wildman–Crippen MR) is 39.5 cm³/mol. The van der Waals surface area contributed by atoms with Gasteiger partial charge in [-0.3, -0.25) is 4.99 Å². The summed E-state index contributed by atoms with van der Waals surface area (Å²) in [6, 6.07) is 0. The van der Waals surface area contributed by atoms with Gasteiger partial charge in [-0.15, -0.1) is 0 Å². The zero-order valence-electron chi connectivity index (χ0n) is 5.72. The van der Waals surface area contributed by atoms with Gasteiger partial charge in [0.25, 0.3) is 0 Å². The van der Waals surface area contributed by atoms with Crippen molar-refractivity contribution in [1.82, 2.24) is 5.32 Å². The largest absolute Gasteiger partial charge is 0.389 e. The molecule has 1 N–H and O–H groups in total. The lowest BCUT2D eigenvalue weighted by molar-refractivity contribution is 0.769. The van der Waals surface area contributed by atoms with Crippen molar-refractivity contribution in [2.24, 2.45) is 4.99 Å². The van der Waals surface area contributed by atoms with Crippen LogP contribution in [0, 0.1) is 0 Å². The van der Waals surface area contributed by atoms with Crippen LogP contribution < -0.4 is 5.32 Å². The van der Waals surface area contributed by atoms with E-state index in [1.54, 1.807) is 0 Å². The van der Waals surface area contributed by atoms with Gasteiger partial charge in [0, 0.05) is 19.0 Å². The minimum absolute atomic E-state index is 1.06. The molecule has 2 nitrogen and oxygen atoms in total. The summed E-state index contributed by atoms with van der Waals surface area (Å²) in [7, 11) is 0. The van der Waals surface area contributed by atoms with Crippen molar-refractivity contribution in [2.75, 3.05) is 6.54 Å². The van der Waals surface area contributed by atoms with Gasteiger partial charge in [0.15, 0.2) is 0 Å².